The number of hydrogen-bond acceptors (Lipinski definition) is 3. The van der Waals surface area contributed by atoms with Crippen LogP contribution < -0.4 is 10.5 Å². The molecule has 2 aromatic carbocycles. The van der Waals surface area contributed by atoms with Crippen molar-refractivity contribution >= 4 is 18.2 Å². The normalized spacial score (nSPS) is 19.9. The Morgan fingerprint density at radius 1 is 1.00 bits per heavy atom. The monoisotopic (exact) mass is 331 g/mol. The lowest BCUT2D eigenvalue weighted by atomic mass is 10.0. The Labute approximate surface area is 143 Å². The van der Waals surface area contributed by atoms with E-state index in [0.717, 1.165) is 18.6 Å². The van der Waals surface area contributed by atoms with E-state index in [9.17, 15) is 4.79 Å². The molecule has 0 amide bonds. The zero-order chi connectivity index (χ0) is 15.4. The van der Waals surface area contributed by atoms with Gasteiger partial charge in [0.1, 0.15) is 5.75 Å². The smallest absolute Gasteiger partial charge is 0.193 e. The van der Waals surface area contributed by atoms with Crippen LogP contribution in [0.2, 0.25) is 0 Å². The molecule has 1 saturated carbocycles. The van der Waals surface area contributed by atoms with Crippen LogP contribution in [-0.2, 0) is 0 Å². The molecule has 3 rings (SSSR count). The Morgan fingerprint density at radius 2 is 1.65 bits per heavy atom. The first kappa shape index (κ1) is 17.5. The molecule has 4 heteroatoms. The molecule has 122 valence electrons. The third-order valence-electron chi connectivity index (χ3n) is 4.33. The van der Waals surface area contributed by atoms with Crippen molar-refractivity contribution < 1.29 is 9.53 Å². The Morgan fingerprint density at radius 3 is 2.26 bits per heavy atom. The maximum absolute atomic E-state index is 12.3. The lowest BCUT2D eigenvalue weighted by molar-refractivity contribution is 0.103. The van der Waals surface area contributed by atoms with Crippen LogP contribution in [0.15, 0.2) is 54.6 Å². The summed E-state index contributed by atoms with van der Waals surface area (Å²) < 4.78 is 5.81. The van der Waals surface area contributed by atoms with Gasteiger partial charge in [-0.3, -0.25) is 4.79 Å². The van der Waals surface area contributed by atoms with Crippen LogP contribution in [0.5, 0.6) is 5.75 Å². The fraction of sp³-hybridized carbons (Fsp3) is 0.316. The summed E-state index contributed by atoms with van der Waals surface area (Å²) >= 11 is 0. The second-order valence-corrected chi connectivity index (χ2v) is 5.89. The molecule has 1 fully saturated rings. The van der Waals surface area contributed by atoms with E-state index in [1.54, 1.807) is 0 Å². The summed E-state index contributed by atoms with van der Waals surface area (Å²) in [6, 6.07) is 16.9. The predicted molar refractivity (Wildman–Crippen MR) is 94.4 cm³/mol. The number of ether oxygens (including phenoxy) is 1. The minimum Gasteiger partial charge on any atom is -0.493 e. The predicted octanol–water partition coefficient (Wildman–Crippen LogP) is 3.85. The molecular formula is C19H22ClNO2. The number of halogens is 1. The zero-order valence-electron chi connectivity index (χ0n) is 13.0. The second-order valence-electron chi connectivity index (χ2n) is 5.89. The van der Waals surface area contributed by atoms with E-state index in [2.05, 4.69) is 0 Å². The van der Waals surface area contributed by atoms with Crippen LogP contribution in [0.25, 0.3) is 0 Å². The van der Waals surface area contributed by atoms with Crippen LogP contribution in [-0.4, -0.2) is 18.4 Å². The molecule has 0 spiro atoms. The summed E-state index contributed by atoms with van der Waals surface area (Å²) in [6.07, 6.45) is 3.43. The topological polar surface area (TPSA) is 52.3 Å². The highest BCUT2D eigenvalue weighted by molar-refractivity contribution is 6.08. The number of rotatable bonds is 5. The summed E-state index contributed by atoms with van der Waals surface area (Å²) in [5, 5.41) is 0. The van der Waals surface area contributed by atoms with Crippen molar-refractivity contribution in [1.29, 1.82) is 0 Å². The molecule has 1 aliphatic carbocycles. The van der Waals surface area contributed by atoms with E-state index in [1.165, 1.54) is 6.42 Å². The molecule has 0 heterocycles. The van der Waals surface area contributed by atoms with E-state index < -0.39 is 0 Å². The molecule has 0 saturated heterocycles. The van der Waals surface area contributed by atoms with Crippen LogP contribution in [0.4, 0.5) is 0 Å². The van der Waals surface area contributed by atoms with Gasteiger partial charge in [0.05, 0.1) is 6.61 Å². The summed E-state index contributed by atoms with van der Waals surface area (Å²) in [5.41, 5.74) is 7.43. The molecule has 0 radical (unpaired) electrons. The molecule has 0 aliphatic heterocycles. The van der Waals surface area contributed by atoms with Gasteiger partial charge >= 0.3 is 0 Å². The van der Waals surface area contributed by atoms with Gasteiger partial charge in [0, 0.05) is 23.1 Å². The maximum atomic E-state index is 12.3. The molecule has 1 aliphatic rings. The Hall–Kier alpha value is -1.84. The van der Waals surface area contributed by atoms with Crippen molar-refractivity contribution in [1.82, 2.24) is 0 Å². The molecule has 2 aromatic rings. The Bertz CT molecular complexity index is 628. The second kappa shape index (κ2) is 8.14. The fourth-order valence-corrected chi connectivity index (χ4v) is 2.93. The lowest BCUT2D eigenvalue weighted by Gasteiger charge is -2.16. The lowest BCUT2D eigenvalue weighted by Crippen LogP contribution is -2.28. The SMILES string of the molecule is Cl.NC1CCCC1COc1ccc(C(=O)c2ccccc2)cc1. The summed E-state index contributed by atoms with van der Waals surface area (Å²) in [7, 11) is 0. The molecule has 23 heavy (non-hydrogen) atoms. The van der Waals surface area contributed by atoms with E-state index in [0.29, 0.717) is 23.7 Å². The third kappa shape index (κ3) is 4.34. The number of hydrogen-bond donors (Lipinski definition) is 1. The van der Waals surface area contributed by atoms with E-state index >= 15 is 0 Å². The first-order valence-corrected chi connectivity index (χ1v) is 7.82. The van der Waals surface area contributed by atoms with Crippen LogP contribution in [0.3, 0.4) is 0 Å². The Kier molecular flexibility index (Phi) is 6.20. The van der Waals surface area contributed by atoms with Crippen molar-refractivity contribution in [2.75, 3.05) is 6.61 Å². The van der Waals surface area contributed by atoms with Gasteiger partial charge in [-0.25, -0.2) is 0 Å². The molecule has 0 bridgehead atoms. The van der Waals surface area contributed by atoms with Gasteiger partial charge < -0.3 is 10.5 Å². The molecular weight excluding hydrogens is 310 g/mol. The van der Waals surface area contributed by atoms with Crippen molar-refractivity contribution in [2.24, 2.45) is 11.7 Å². The summed E-state index contributed by atoms with van der Waals surface area (Å²) in [6.45, 7) is 0.660. The van der Waals surface area contributed by atoms with Gasteiger partial charge in [-0.15, -0.1) is 12.4 Å². The highest BCUT2D eigenvalue weighted by atomic mass is 35.5. The largest absolute Gasteiger partial charge is 0.493 e. The summed E-state index contributed by atoms with van der Waals surface area (Å²) in [4.78, 5) is 12.3. The number of carbonyl (C=O) groups is 1. The standard InChI is InChI=1S/C19H21NO2.ClH/c20-18-8-4-7-16(18)13-22-17-11-9-15(10-12-17)19(21)14-5-2-1-3-6-14;/h1-3,5-6,9-12,16,18H,4,7-8,13,20H2;1H. The maximum Gasteiger partial charge on any atom is 0.193 e. The summed E-state index contributed by atoms with van der Waals surface area (Å²) in [5.74, 6) is 1.28. The highest BCUT2D eigenvalue weighted by Gasteiger charge is 2.24. The van der Waals surface area contributed by atoms with Gasteiger partial charge in [0.25, 0.3) is 0 Å². The first-order chi connectivity index (χ1) is 10.7. The molecule has 0 aromatic heterocycles. The highest BCUT2D eigenvalue weighted by Crippen LogP contribution is 2.25. The van der Waals surface area contributed by atoms with Gasteiger partial charge in [-0.2, -0.15) is 0 Å². The number of carbonyl (C=O) groups excluding carboxylic acids is 1. The minimum absolute atomic E-state index is 0. The number of benzene rings is 2. The van der Waals surface area contributed by atoms with Crippen LogP contribution in [0, 0.1) is 5.92 Å². The first-order valence-electron chi connectivity index (χ1n) is 7.82. The van der Waals surface area contributed by atoms with Crippen LogP contribution >= 0.6 is 12.4 Å². The third-order valence-corrected chi connectivity index (χ3v) is 4.33. The average Bonchev–Trinajstić information content (AvgIpc) is 2.99. The molecule has 2 N–H and O–H groups in total. The van der Waals surface area contributed by atoms with Crippen molar-refractivity contribution in [2.45, 2.75) is 25.3 Å². The fourth-order valence-electron chi connectivity index (χ4n) is 2.93. The zero-order valence-corrected chi connectivity index (χ0v) is 13.8. The van der Waals surface area contributed by atoms with Crippen LogP contribution in [0.1, 0.15) is 35.2 Å². The Balaban J connectivity index is 0.00000192. The number of nitrogens with two attached hydrogens (primary N) is 1. The quantitative estimate of drug-likeness (QED) is 0.847. The van der Waals surface area contributed by atoms with Gasteiger partial charge in [0.15, 0.2) is 5.78 Å². The van der Waals surface area contributed by atoms with Crippen molar-refractivity contribution in [3.63, 3.8) is 0 Å². The van der Waals surface area contributed by atoms with E-state index in [4.69, 9.17) is 10.5 Å². The molecule has 3 nitrogen and oxygen atoms in total. The van der Waals surface area contributed by atoms with E-state index in [-0.39, 0.29) is 24.2 Å². The van der Waals surface area contributed by atoms with Gasteiger partial charge in [0.2, 0.25) is 0 Å². The minimum atomic E-state index is 0. The van der Waals surface area contributed by atoms with Crippen molar-refractivity contribution in [3.05, 3.63) is 65.7 Å². The molecule has 2 atom stereocenters. The molecule has 2 unspecified atom stereocenters. The van der Waals surface area contributed by atoms with Crippen molar-refractivity contribution in [3.8, 4) is 5.75 Å². The van der Waals surface area contributed by atoms with Gasteiger partial charge in [-0.05, 0) is 37.1 Å². The average molecular weight is 332 g/mol. The van der Waals surface area contributed by atoms with E-state index in [1.807, 2.05) is 54.6 Å². The van der Waals surface area contributed by atoms with Gasteiger partial charge in [-0.1, -0.05) is 36.8 Å². The number of ketones is 1.